The third-order valence-electron chi connectivity index (χ3n) is 9.65. The van der Waals surface area contributed by atoms with Crippen molar-refractivity contribution in [3.8, 4) is 0 Å². The zero-order valence-corrected chi connectivity index (χ0v) is 16.6. The molecule has 0 aromatic carbocycles. The van der Waals surface area contributed by atoms with E-state index in [-0.39, 0.29) is 0 Å². The van der Waals surface area contributed by atoms with Crippen molar-refractivity contribution in [2.45, 2.75) is 77.7 Å². The topological polar surface area (TPSA) is 0 Å². The first-order chi connectivity index (χ1) is 10.2. The zero-order valence-electron chi connectivity index (χ0n) is 15.0. The van der Waals surface area contributed by atoms with Crippen molar-refractivity contribution in [1.29, 1.82) is 0 Å². The van der Waals surface area contributed by atoms with Gasteiger partial charge in [0.05, 0.1) is 0 Å². The minimum atomic E-state index is 0.509. The number of rotatable bonds is 0. The fourth-order valence-electron chi connectivity index (χ4n) is 7.26. The summed E-state index contributed by atoms with van der Waals surface area (Å²) in [5, 5.41) is 1.63. The van der Waals surface area contributed by atoms with Gasteiger partial charge in [0.2, 0.25) is 0 Å². The first kappa shape index (κ1) is 14.8. The Balaban J connectivity index is 1.75. The van der Waals surface area contributed by atoms with E-state index in [0.717, 1.165) is 22.3 Å². The van der Waals surface area contributed by atoms with Gasteiger partial charge in [-0.25, -0.2) is 0 Å². The van der Waals surface area contributed by atoms with E-state index >= 15 is 0 Å². The van der Waals surface area contributed by atoms with E-state index < -0.39 is 0 Å². The molecular weight excluding hydrogens is 304 g/mol. The molecule has 4 bridgehead atoms. The first-order valence-electron chi connectivity index (χ1n) is 9.22. The van der Waals surface area contributed by atoms with E-state index in [0.29, 0.717) is 21.7 Å². The van der Waals surface area contributed by atoms with Crippen LogP contribution in [0.25, 0.3) is 0 Å². The lowest BCUT2D eigenvalue weighted by atomic mass is 9.71. The van der Waals surface area contributed by atoms with Crippen molar-refractivity contribution in [3.05, 3.63) is 11.1 Å². The smallest absolute Gasteiger partial charge is 0.0425 e. The highest BCUT2D eigenvalue weighted by atomic mass is 33.1. The molecule has 4 fully saturated rings. The van der Waals surface area contributed by atoms with E-state index in [2.05, 4.69) is 63.1 Å². The molecule has 0 saturated heterocycles. The molecule has 0 N–H and O–H groups in total. The largest absolute Gasteiger partial charge is 0.0850 e. The second kappa shape index (κ2) is 3.82. The van der Waals surface area contributed by atoms with Crippen LogP contribution in [0.4, 0.5) is 0 Å². The first-order valence-corrected chi connectivity index (χ1v) is 11.5. The predicted octanol–water partition coefficient (Wildman–Crippen LogP) is 6.33. The summed E-state index contributed by atoms with van der Waals surface area (Å²) >= 11 is 0. The predicted molar refractivity (Wildman–Crippen MR) is 99.0 cm³/mol. The van der Waals surface area contributed by atoms with Crippen molar-refractivity contribution in [3.63, 3.8) is 0 Å². The summed E-state index contributed by atoms with van der Waals surface area (Å²) in [7, 11) is 4.54. The third-order valence-corrected chi connectivity index (χ3v) is 13.2. The van der Waals surface area contributed by atoms with Crippen molar-refractivity contribution in [2.75, 3.05) is 0 Å². The van der Waals surface area contributed by atoms with E-state index in [1.807, 2.05) is 11.1 Å². The van der Waals surface area contributed by atoms with E-state index in [1.165, 1.54) is 25.7 Å². The Morgan fingerprint density at radius 3 is 1.41 bits per heavy atom. The van der Waals surface area contributed by atoms with Crippen molar-refractivity contribution < 1.29 is 0 Å². The van der Waals surface area contributed by atoms with Gasteiger partial charge >= 0.3 is 0 Å². The Morgan fingerprint density at radius 1 is 0.682 bits per heavy atom. The van der Waals surface area contributed by atoms with Gasteiger partial charge in [-0.3, -0.25) is 0 Å². The lowest BCUT2D eigenvalue weighted by molar-refractivity contribution is 0.156. The molecule has 0 amide bonds. The summed E-state index contributed by atoms with van der Waals surface area (Å²) in [5.41, 5.74) is 6.03. The van der Waals surface area contributed by atoms with Crippen LogP contribution >= 0.6 is 21.6 Å². The van der Waals surface area contributed by atoms with Crippen LogP contribution in [0.1, 0.15) is 67.2 Å². The molecule has 6 unspecified atom stereocenters. The molecule has 122 valence electrons. The average molecular weight is 335 g/mol. The van der Waals surface area contributed by atoms with Gasteiger partial charge in [0.15, 0.2) is 0 Å². The summed E-state index contributed by atoms with van der Waals surface area (Å²) in [6, 6.07) is 0. The molecule has 0 spiro atoms. The standard InChI is InChI=1S/C20H30S2/c1-17(2)11-7-9-19(17,5)15-13(11)14-12-8-10-20(6,18(12,3)4)16(14)22-21-15/h11-12,15-16H,7-10H2,1-6H3. The molecule has 5 aliphatic rings. The van der Waals surface area contributed by atoms with Crippen LogP contribution in [0.5, 0.6) is 0 Å². The lowest BCUT2D eigenvalue weighted by Gasteiger charge is -2.44. The fourth-order valence-corrected chi connectivity index (χ4v) is 12.1. The van der Waals surface area contributed by atoms with Gasteiger partial charge in [0.25, 0.3) is 0 Å². The maximum atomic E-state index is 2.61. The molecule has 1 aliphatic heterocycles. The van der Waals surface area contributed by atoms with Crippen molar-refractivity contribution in [1.82, 2.24) is 0 Å². The summed E-state index contributed by atoms with van der Waals surface area (Å²) in [6.07, 6.45) is 5.83. The Hall–Kier alpha value is 0.440. The molecule has 0 aromatic heterocycles. The van der Waals surface area contributed by atoms with Gasteiger partial charge in [0.1, 0.15) is 0 Å². The molecule has 4 aliphatic carbocycles. The number of hydrogen-bond donors (Lipinski definition) is 0. The molecule has 2 heteroatoms. The average Bonchev–Trinajstić information content (AvgIpc) is 2.95. The van der Waals surface area contributed by atoms with Gasteiger partial charge in [-0.2, -0.15) is 0 Å². The van der Waals surface area contributed by atoms with E-state index in [9.17, 15) is 0 Å². The molecule has 0 aromatic rings. The maximum absolute atomic E-state index is 2.61. The van der Waals surface area contributed by atoms with Crippen molar-refractivity contribution in [2.24, 2.45) is 33.5 Å². The van der Waals surface area contributed by atoms with Crippen LogP contribution in [0.3, 0.4) is 0 Å². The number of fused-ring (bicyclic) bond motifs is 10. The minimum Gasteiger partial charge on any atom is -0.0850 e. The van der Waals surface area contributed by atoms with Gasteiger partial charge in [0, 0.05) is 10.5 Å². The van der Waals surface area contributed by atoms with Gasteiger partial charge in [-0.1, -0.05) is 74.3 Å². The summed E-state index contributed by atoms with van der Waals surface area (Å²) in [6.45, 7) is 15.5. The van der Waals surface area contributed by atoms with Gasteiger partial charge in [-0.05, 0) is 59.2 Å². The number of hydrogen-bond acceptors (Lipinski definition) is 2. The third kappa shape index (κ3) is 1.22. The minimum absolute atomic E-state index is 0.509. The summed E-state index contributed by atoms with van der Waals surface area (Å²) in [4.78, 5) is 0. The Morgan fingerprint density at radius 2 is 1.05 bits per heavy atom. The second-order valence-corrected chi connectivity index (χ2v) is 12.8. The van der Waals surface area contributed by atoms with Crippen molar-refractivity contribution >= 4 is 21.6 Å². The molecule has 0 nitrogen and oxygen atoms in total. The van der Waals surface area contributed by atoms with E-state index in [4.69, 9.17) is 0 Å². The highest BCUT2D eigenvalue weighted by Crippen LogP contribution is 2.80. The van der Waals surface area contributed by atoms with Gasteiger partial charge in [-0.15, -0.1) is 0 Å². The monoisotopic (exact) mass is 334 g/mol. The quantitative estimate of drug-likeness (QED) is 0.375. The van der Waals surface area contributed by atoms with Crippen LogP contribution in [-0.2, 0) is 0 Å². The molecule has 1 heterocycles. The molecule has 0 radical (unpaired) electrons. The lowest BCUT2D eigenvalue weighted by Crippen LogP contribution is -2.38. The Kier molecular flexibility index (Phi) is 2.56. The van der Waals surface area contributed by atoms with Crippen LogP contribution in [0.2, 0.25) is 0 Å². The molecular formula is C20H30S2. The summed E-state index contributed by atoms with van der Waals surface area (Å²) < 4.78 is 0. The fraction of sp³-hybridized carbons (Fsp3) is 0.900. The molecule has 4 saturated carbocycles. The van der Waals surface area contributed by atoms with Gasteiger partial charge < -0.3 is 0 Å². The maximum Gasteiger partial charge on any atom is 0.0425 e. The normalized spacial score (nSPS) is 56.5. The van der Waals surface area contributed by atoms with E-state index in [1.54, 1.807) is 0 Å². The second-order valence-electron chi connectivity index (χ2n) is 10.3. The Bertz CT molecular complexity index is 549. The highest BCUT2D eigenvalue weighted by Gasteiger charge is 2.71. The van der Waals surface area contributed by atoms with Crippen LogP contribution in [0.15, 0.2) is 11.1 Å². The van der Waals surface area contributed by atoms with Crippen LogP contribution in [0, 0.1) is 33.5 Å². The highest BCUT2D eigenvalue weighted by molar-refractivity contribution is 8.77. The molecule has 5 rings (SSSR count). The summed E-state index contributed by atoms with van der Waals surface area (Å²) in [5.74, 6) is 1.76. The molecule has 22 heavy (non-hydrogen) atoms. The molecule has 6 atom stereocenters. The van der Waals surface area contributed by atoms with Crippen LogP contribution < -0.4 is 0 Å². The zero-order chi connectivity index (χ0) is 15.7. The Labute approximate surface area is 144 Å². The SMILES string of the molecule is CC1(C)C2CCC1(C)C1SSC3C(=C21)C1CCC3(C)C1(C)C. The van der Waals surface area contributed by atoms with Crippen LogP contribution in [-0.4, -0.2) is 10.5 Å².